The molecule has 0 amide bonds. The maximum absolute atomic E-state index is 6.29. The van der Waals surface area contributed by atoms with E-state index in [1.54, 1.807) is 0 Å². The molecule has 0 saturated carbocycles. The first-order valence-electron chi connectivity index (χ1n) is 5.40. The van der Waals surface area contributed by atoms with Crippen LogP contribution in [0.4, 0.5) is 0 Å². The number of fused-ring (bicyclic) bond motifs is 1. The number of aryl methyl sites for hydroxylation is 1. The highest BCUT2D eigenvalue weighted by Crippen LogP contribution is 2.36. The van der Waals surface area contributed by atoms with Crippen LogP contribution in [-0.2, 0) is 12.8 Å². The molecule has 0 aliphatic carbocycles. The van der Waals surface area contributed by atoms with E-state index >= 15 is 0 Å². The minimum absolute atomic E-state index is 0.948. The van der Waals surface area contributed by atoms with Crippen molar-refractivity contribution in [2.75, 3.05) is 19.3 Å². The van der Waals surface area contributed by atoms with Crippen LogP contribution >= 0.6 is 23.4 Å². The predicted octanol–water partition coefficient (Wildman–Crippen LogP) is 3.14. The lowest BCUT2D eigenvalue weighted by molar-refractivity contribution is 0.787. The minimum Gasteiger partial charge on any atom is -0.319 e. The molecule has 2 rings (SSSR count). The van der Waals surface area contributed by atoms with Gasteiger partial charge in [0.15, 0.2) is 0 Å². The fourth-order valence-electron chi connectivity index (χ4n) is 1.91. The van der Waals surface area contributed by atoms with Gasteiger partial charge in [0.1, 0.15) is 0 Å². The highest BCUT2D eigenvalue weighted by molar-refractivity contribution is 7.99. The van der Waals surface area contributed by atoms with E-state index in [9.17, 15) is 0 Å². The van der Waals surface area contributed by atoms with Crippen LogP contribution in [0, 0.1) is 0 Å². The van der Waals surface area contributed by atoms with Crippen molar-refractivity contribution in [3.8, 4) is 0 Å². The molecule has 1 nitrogen and oxygen atoms in total. The minimum atomic E-state index is 0.948. The second kappa shape index (κ2) is 5.24. The smallest absolute Gasteiger partial charge is 0.0547 e. The second-order valence-electron chi connectivity index (χ2n) is 3.87. The quantitative estimate of drug-likeness (QED) is 0.873. The molecular formula is C12H16ClNS. The Morgan fingerprint density at radius 2 is 2.33 bits per heavy atom. The fourth-order valence-corrected chi connectivity index (χ4v) is 3.37. The second-order valence-corrected chi connectivity index (χ2v) is 5.38. The number of thioether (sulfide) groups is 1. The molecule has 0 bridgehead atoms. The lowest BCUT2D eigenvalue weighted by Gasteiger charge is -2.17. The van der Waals surface area contributed by atoms with Gasteiger partial charge in [0.05, 0.1) is 5.02 Å². The van der Waals surface area contributed by atoms with E-state index in [4.69, 9.17) is 11.6 Å². The molecule has 1 heterocycles. The standard InChI is InChI=1S/C12H16ClNS/c1-14-5-4-9-7-10-3-2-6-15-12(10)11(13)8-9/h7-8,14H,2-6H2,1H3. The van der Waals surface area contributed by atoms with Crippen molar-refractivity contribution in [3.05, 3.63) is 28.3 Å². The van der Waals surface area contributed by atoms with Gasteiger partial charge in [-0.05, 0) is 55.8 Å². The molecular weight excluding hydrogens is 226 g/mol. The van der Waals surface area contributed by atoms with E-state index in [0.717, 1.165) is 18.0 Å². The number of benzene rings is 1. The monoisotopic (exact) mass is 241 g/mol. The number of halogens is 1. The summed E-state index contributed by atoms with van der Waals surface area (Å²) in [4.78, 5) is 1.32. The van der Waals surface area contributed by atoms with Gasteiger partial charge in [0.25, 0.3) is 0 Å². The van der Waals surface area contributed by atoms with Crippen molar-refractivity contribution in [3.63, 3.8) is 0 Å². The molecule has 1 aromatic carbocycles. The Morgan fingerprint density at radius 1 is 1.47 bits per heavy atom. The highest BCUT2D eigenvalue weighted by atomic mass is 35.5. The van der Waals surface area contributed by atoms with Crippen LogP contribution in [0.3, 0.4) is 0 Å². The molecule has 0 unspecified atom stereocenters. The fraction of sp³-hybridized carbons (Fsp3) is 0.500. The van der Waals surface area contributed by atoms with E-state index in [-0.39, 0.29) is 0 Å². The van der Waals surface area contributed by atoms with Gasteiger partial charge in [-0.15, -0.1) is 11.8 Å². The van der Waals surface area contributed by atoms with Crippen molar-refractivity contribution in [1.82, 2.24) is 5.32 Å². The number of hydrogen-bond acceptors (Lipinski definition) is 2. The van der Waals surface area contributed by atoms with Gasteiger partial charge >= 0.3 is 0 Å². The van der Waals surface area contributed by atoms with E-state index in [2.05, 4.69) is 17.4 Å². The first-order valence-corrected chi connectivity index (χ1v) is 6.76. The Balaban J connectivity index is 2.24. The summed E-state index contributed by atoms with van der Waals surface area (Å²) < 4.78 is 0. The average Bonchev–Trinajstić information content (AvgIpc) is 2.26. The summed E-state index contributed by atoms with van der Waals surface area (Å²) in [5, 5.41) is 4.11. The third-order valence-corrected chi connectivity index (χ3v) is 4.35. The van der Waals surface area contributed by atoms with Gasteiger partial charge in [0.2, 0.25) is 0 Å². The summed E-state index contributed by atoms with van der Waals surface area (Å²) in [7, 11) is 1.98. The van der Waals surface area contributed by atoms with Gasteiger partial charge in [-0.1, -0.05) is 17.7 Å². The largest absolute Gasteiger partial charge is 0.319 e. The van der Waals surface area contributed by atoms with Crippen LogP contribution in [-0.4, -0.2) is 19.3 Å². The molecule has 0 saturated heterocycles. The molecule has 0 aromatic heterocycles. The Hall–Kier alpha value is -0.180. The van der Waals surface area contributed by atoms with Gasteiger partial charge in [0, 0.05) is 4.90 Å². The SMILES string of the molecule is CNCCc1cc(Cl)c2c(c1)CCCS2. The van der Waals surface area contributed by atoms with Gasteiger partial charge in [-0.3, -0.25) is 0 Å². The van der Waals surface area contributed by atoms with E-state index in [1.807, 2.05) is 18.8 Å². The van der Waals surface area contributed by atoms with E-state index in [1.165, 1.54) is 34.6 Å². The maximum Gasteiger partial charge on any atom is 0.0547 e. The molecule has 3 heteroatoms. The number of nitrogens with one attached hydrogen (secondary N) is 1. The molecule has 0 fully saturated rings. The summed E-state index contributed by atoms with van der Waals surface area (Å²) in [6, 6.07) is 4.45. The third-order valence-electron chi connectivity index (χ3n) is 2.68. The third kappa shape index (κ3) is 2.68. The summed E-state index contributed by atoms with van der Waals surface area (Å²) in [5.41, 5.74) is 2.81. The number of hydrogen-bond donors (Lipinski definition) is 1. The van der Waals surface area contributed by atoms with Crippen LogP contribution in [0.1, 0.15) is 17.5 Å². The average molecular weight is 242 g/mol. The molecule has 1 aromatic rings. The van der Waals surface area contributed by atoms with Crippen molar-refractivity contribution < 1.29 is 0 Å². The molecule has 1 aliphatic rings. The summed E-state index contributed by atoms with van der Waals surface area (Å²) in [6.07, 6.45) is 3.53. The maximum atomic E-state index is 6.29. The molecule has 1 aliphatic heterocycles. The number of rotatable bonds is 3. The lowest BCUT2D eigenvalue weighted by atomic mass is 10.0. The van der Waals surface area contributed by atoms with Crippen molar-refractivity contribution in [2.45, 2.75) is 24.2 Å². The Labute approximate surface area is 101 Å². The van der Waals surface area contributed by atoms with E-state index in [0.29, 0.717) is 0 Å². The first kappa shape index (κ1) is 11.3. The lowest BCUT2D eigenvalue weighted by Crippen LogP contribution is -2.11. The zero-order valence-electron chi connectivity index (χ0n) is 8.98. The zero-order valence-corrected chi connectivity index (χ0v) is 10.5. The Morgan fingerprint density at radius 3 is 3.13 bits per heavy atom. The molecule has 82 valence electrons. The Bertz CT molecular complexity index is 352. The van der Waals surface area contributed by atoms with Crippen molar-refractivity contribution in [2.24, 2.45) is 0 Å². The van der Waals surface area contributed by atoms with E-state index < -0.39 is 0 Å². The summed E-state index contributed by atoms with van der Waals surface area (Å²) in [5.74, 6) is 1.21. The van der Waals surface area contributed by atoms with Crippen LogP contribution in [0.2, 0.25) is 5.02 Å². The zero-order chi connectivity index (χ0) is 10.7. The highest BCUT2D eigenvalue weighted by Gasteiger charge is 2.14. The van der Waals surface area contributed by atoms with Crippen LogP contribution in [0.15, 0.2) is 17.0 Å². The molecule has 0 spiro atoms. The topological polar surface area (TPSA) is 12.0 Å². The van der Waals surface area contributed by atoms with Gasteiger partial charge in [-0.2, -0.15) is 0 Å². The van der Waals surface area contributed by atoms with Crippen LogP contribution < -0.4 is 5.32 Å². The molecule has 0 atom stereocenters. The van der Waals surface area contributed by atoms with Crippen molar-refractivity contribution >= 4 is 23.4 Å². The summed E-state index contributed by atoms with van der Waals surface area (Å²) >= 11 is 8.19. The first-order chi connectivity index (χ1) is 7.31. The number of likely N-dealkylation sites (N-methyl/N-ethyl adjacent to an activating group) is 1. The summed E-state index contributed by atoms with van der Waals surface area (Å²) in [6.45, 7) is 1.02. The van der Waals surface area contributed by atoms with Crippen LogP contribution in [0.25, 0.3) is 0 Å². The molecule has 15 heavy (non-hydrogen) atoms. The molecule has 0 radical (unpaired) electrons. The van der Waals surface area contributed by atoms with Gasteiger partial charge < -0.3 is 5.32 Å². The normalized spacial score (nSPS) is 15.1. The molecule has 1 N–H and O–H groups in total. The van der Waals surface area contributed by atoms with Gasteiger partial charge in [-0.25, -0.2) is 0 Å². The predicted molar refractivity (Wildman–Crippen MR) is 68.1 cm³/mol. The Kier molecular flexibility index (Phi) is 3.95. The van der Waals surface area contributed by atoms with Crippen LogP contribution in [0.5, 0.6) is 0 Å². The van der Waals surface area contributed by atoms with Crippen molar-refractivity contribution in [1.29, 1.82) is 0 Å².